The number of hydrogen-bond acceptors (Lipinski definition) is 1. The summed E-state index contributed by atoms with van der Waals surface area (Å²) in [7, 11) is 0. The second-order valence-corrected chi connectivity index (χ2v) is 29.7. The van der Waals surface area contributed by atoms with Crippen molar-refractivity contribution in [2.24, 2.45) is 0 Å². The molecule has 85 heavy (non-hydrogen) atoms. The summed E-state index contributed by atoms with van der Waals surface area (Å²) in [4.78, 5) is 0. The van der Waals surface area contributed by atoms with Crippen LogP contribution in [0.4, 0.5) is 0 Å². The molecule has 0 saturated heterocycles. The van der Waals surface area contributed by atoms with Crippen molar-refractivity contribution in [2.75, 3.05) is 0 Å². The van der Waals surface area contributed by atoms with Crippen LogP contribution in [0.5, 0.6) is 0 Å². The summed E-state index contributed by atoms with van der Waals surface area (Å²) in [5, 5.41) is 13.0. The molecular weight excluding hydrogens is 1040 g/mol. The van der Waals surface area contributed by atoms with E-state index in [0.717, 1.165) is 0 Å². The number of hydrogen-bond donors (Lipinski definition) is 0. The van der Waals surface area contributed by atoms with Gasteiger partial charge in [0.15, 0.2) is 0 Å². The summed E-state index contributed by atoms with van der Waals surface area (Å²) in [6, 6.07) is 79.9. The molecule has 0 spiro atoms. The lowest BCUT2D eigenvalue weighted by molar-refractivity contribution is 0.568. The molecule has 0 aliphatic carbocycles. The van der Waals surface area contributed by atoms with E-state index < -0.39 is 0 Å². The second kappa shape index (κ2) is 17.9. The maximum Gasteiger partial charge on any atom is 0.0635 e. The molecule has 0 N–H and O–H groups in total. The minimum Gasteiger partial charge on any atom is -0.308 e. The van der Waals surface area contributed by atoms with Crippen molar-refractivity contribution in [3.8, 4) is 55.6 Å². The Hall–Kier alpha value is -8.76. The molecule has 2 nitrogen and oxygen atoms in total. The Morgan fingerprint density at radius 1 is 0.247 bits per heavy atom. The van der Waals surface area contributed by atoms with Crippen molar-refractivity contribution in [1.82, 2.24) is 8.80 Å². The molecule has 0 fully saturated rings. The van der Waals surface area contributed by atoms with Crippen molar-refractivity contribution >= 4 is 108 Å². The van der Waals surface area contributed by atoms with Gasteiger partial charge < -0.3 is 8.80 Å². The Bertz CT molecular complexity index is 5300. The van der Waals surface area contributed by atoms with E-state index in [2.05, 4.69) is 298 Å². The Kier molecular flexibility index (Phi) is 10.9. The van der Waals surface area contributed by atoms with Crippen molar-refractivity contribution in [3.05, 3.63) is 229 Å². The highest BCUT2D eigenvalue weighted by Gasteiger charge is 2.29. The van der Waals surface area contributed by atoms with E-state index in [4.69, 9.17) is 0 Å². The molecule has 0 aliphatic heterocycles. The van der Waals surface area contributed by atoms with Gasteiger partial charge in [0, 0.05) is 63.3 Å². The van der Waals surface area contributed by atoms with Gasteiger partial charge in [-0.2, -0.15) is 0 Å². The van der Waals surface area contributed by atoms with E-state index in [9.17, 15) is 0 Å². The zero-order chi connectivity index (χ0) is 58.4. The highest BCUT2D eigenvalue weighted by molar-refractivity contribution is 7.26. The molecule has 0 aliphatic rings. The van der Waals surface area contributed by atoms with Crippen LogP contribution < -0.4 is 0 Å². The summed E-state index contributed by atoms with van der Waals surface area (Å²) in [5.41, 5.74) is 25.3. The van der Waals surface area contributed by atoms with Crippen LogP contribution in [0.3, 0.4) is 0 Å². The molecule has 414 valence electrons. The van der Waals surface area contributed by atoms with Crippen LogP contribution >= 0.6 is 11.3 Å². The number of fused-ring (bicyclic) bond motifs is 16. The minimum absolute atomic E-state index is 0.00354. The molecule has 0 amide bonds. The number of nitrogens with zero attached hydrogens (tertiary/aromatic N) is 2. The average Bonchev–Trinajstić information content (AvgIpc) is 1.53. The summed E-state index contributed by atoms with van der Waals surface area (Å²) in [5.74, 6) is 0. The lowest BCUT2D eigenvalue weighted by atomic mass is 9.78. The van der Waals surface area contributed by atoms with Gasteiger partial charge in [0.2, 0.25) is 0 Å². The Morgan fingerprint density at radius 2 is 0.624 bits per heavy atom. The lowest BCUT2D eigenvalue weighted by Gasteiger charge is -2.26. The van der Waals surface area contributed by atoms with Crippen LogP contribution in [0.2, 0.25) is 0 Å². The molecule has 16 aromatic rings. The Balaban J connectivity index is 1.00. The van der Waals surface area contributed by atoms with Gasteiger partial charge in [-0.3, -0.25) is 0 Å². The molecule has 5 aromatic heterocycles. The third-order valence-corrected chi connectivity index (χ3v) is 20.1. The zero-order valence-corrected chi connectivity index (χ0v) is 51.7. The predicted octanol–water partition coefficient (Wildman–Crippen LogP) is 23.9. The first kappa shape index (κ1) is 51.8. The van der Waals surface area contributed by atoms with Gasteiger partial charge in [-0.1, -0.05) is 210 Å². The van der Waals surface area contributed by atoms with Crippen LogP contribution in [0.15, 0.2) is 206 Å². The van der Waals surface area contributed by atoms with Crippen LogP contribution in [0.1, 0.15) is 105 Å². The molecule has 5 heterocycles. The van der Waals surface area contributed by atoms with Gasteiger partial charge in [-0.15, -0.1) is 11.3 Å². The number of aromatic nitrogens is 2. The SMILES string of the molecule is CC(C)(C)c1cc(-c2ccc3c(c2)c2cc(-c4cc(C(C)(C)C)cc(C(C)(C)C)c4)cc4c5cc6c(cc5n3c24)c2cc3c4ccccc4sc3c3c4cc(-c5cc(-c7ccccc7)cc(-c7ccccc7)c5)ccc4n6c23)cc(C(C)(C)C)c1. The highest BCUT2D eigenvalue weighted by atomic mass is 32.1. The maximum atomic E-state index is 2.62. The highest BCUT2D eigenvalue weighted by Crippen LogP contribution is 2.51. The minimum atomic E-state index is -0.0266. The van der Waals surface area contributed by atoms with E-state index >= 15 is 0 Å². The lowest BCUT2D eigenvalue weighted by Crippen LogP contribution is -2.16. The fourth-order valence-electron chi connectivity index (χ4n) is 14.1. The van der Waals surface area contributed by atoms with E-state index in [1.807, 2.05) is 11.3 Å². The average molecular weight is 1120 g/mol. The maximum absolute atomic E-state index is 2.62. The van der Waals surface area contributed by atoms with Gasteiger partial charge in [0.05, 0.1) is 33.1 Å². The van der Waals surface area contributed by atoms with E-state index in [-0.39, 0.29) is 21.7 Å². The summed E-state index contributed by atoms with van der Waals surface area (Å²) in [6.07, 6.45) is 0. The van der Waals surface area contributed by atoms with Crippen molar-refractivity contribution < 1.29 is 0 Å². The van der Waals surface area contributed by atoms with Crippen LogP contribution in [0.25, 0.3) is 152 Å². The third-order valence-electron chi connectivity index (χ3n) is 18.9. The smallest absolute Gasteiger partial charge is 0.0635 e. The van der Waals surface area contributed by atoms with E-state index in [1.54, 1.807) is 0 Å². The first-order chi connectivity index (χ1) is 40.6. The van der Waals surface area contributed by atoms with Gasteiger partial charge in [-0.05, 0) is 178 Å². The van der Waals surface area contributed by atoms with Crippen molar-refractivity contribution in [3.63, 3.8) is 0 Å². The molecule has 0 atom stereocenters. The Morgan fingerprint density at radius 3 is 1.13 bits per heavy atom. The molecule has 16 rings (SSSR count). The zero-order valence-electron chi connectivity index (χ0n) is 50.9. The molecular formula is C82H70N2S. The molecule has 0 unspecified atom stereocenters. The second-order valence-electron chi connectivity index (χ2n) is 28.7. The summed E-state index contributed by atoms with van der Waals surface area (Å²) in [6.45, 7) is 28.2. The summed E-state index contributed by atoms with van der Waals surface area (Å²) < 4.78 is 7.91. The first-order valence-corrected chi connectivity index (χ1v) is 31.3. The summed E-state index contributed by atoms with van der Waals surface area (Å²) >= 11 is 1.94. The fraction of sp³-hybridized carbons (Fsp3) is 0.195. The van der Waals surface area contributed by atoms with Gasteiger partial charge in [-0.25, -0.2) is 0 Å². The quantitative estimate of drug-likeness (QED) is 0.162. The third kappa shape index (κ3) is 8.03. The molecule has 11 aromatic carbocycles. The van der Waals surface area contributed by atoms with Crippen molar-refractivity contribution in [2.45, 2.75) is 105 Å². The monoisotopic (exact) mass is 1110 g/mol. The van der Waals surface area contributed by atoms with Crippen LogP contribution in [-0.4, -0.2) is 8.80 Å². The van der Waals surface area contributed by atoms with Crippen molar-refractivity contribution in [1.29, 1.82) is 0 Å². The number of rotatable bonds is 5. The molecule has 0 bridgehead atoms. The Labute approximate surface area is 502 Å². The fourth-order valence-corrected chi connectivity index (χ4v) is 15.3. The standard InChI is InChI=1S/C82H70N2S/c1-79(2,3)57-34-54(35-58(42-57)80(4,5)6)49-27-29-70-62(38-49)65-40-56(55-36-59(81(7,8)9)43-60(37-55)82(10,11)12)41-66-63-45-73-64(46-72(63)83(70)76(65)66)67-44-68-61-25-19-20-26-74(61)85-78(68)75-69-39-50(28-30-71(69)84(73)77(67)75)53-32-51(47-21-15-13-16-22-47)31-52(33-53)48-23-17-14-18-24-48/h13-46H,1-12H3. The molecule has 3 heteroatoms. The topological polar surface area (TPSA) is 8.82 Å². The van der Waals surface area contributed by atoms with Gasteiger partial charge in [0.25, 0.3) is 0 Å². The molecule has 0 radical (unpaired) electrons. The van der Waals surface area contributed by atoms with Gasteiger partial charge in [0.1, 0.15) is 0 Å². The van der Waals surface area contributed by atoms with E-state index in [0.29, 0.717) is 0 Å². The largest absolute Gasteiger partial charge is 0.308 e. The van der Waals surface area contributed by atoms with Crippen LogP contribution in [0, 0.1) is 0 Å². The first-order valence-electron chi connectivity index (χ1n) is 30.5. The van der Waals surface area contributed by atoms with Crippen LogP contribution in [-0.2, 0) is 21.7 Å². The predicted molar refractivity (Wildman–Crippen MR) is 371 cm³/mol. The number of benzene rings is 11. The normalized spacial score (nSPS) is 13.2. The number of thiophene rings is 1. The van der Waals surface area contributed by atoms with Gasteiger partial charge >= 0.3 is 0 Å². The van der Waals surface area contributed by atoms with E-state index in [1.165, 1.54) is 174 Å². The molecule has 0 saturated carbocycles.